The number of nitrogens with zero attached hydrogens (tertiary/aromatic N) is 2. The van der Waals surface area contributed by atoms with Crippen molar-refractivity contribution in [2.75, 3.05) is 53.0 Å². The third kappa shape index (κ3) is 3.20. The topological polar surface area (TPSA) is 61.9 Å². The van der Waals surface area contributed by atoms with Crippen molar-refractivity contribution in [3.05, 3.63) is 0 Å². The van der Waals surface area contributed by atoms with Crippen LogP contribution in [0.1, 0.15) is 6.42 Å². The molecule has 2 rings (SSSR count). The quantitative estimate of drug-likeness (QED) is 0.696. The Kier molecular flexibility index (Phi) is 4.54. The number of nitrogens with one attached hydrogen (secondary N) is 1. The standard InChI is InChI=1S/C12H21N3O3/c1-13-11(16)8-14-3-5-15(6-4-14)12(17)10-2-7-18-9-10/h10H,2-9H2,1H3,(H,13,16). The van der Waals surface area contributed by atoms with Crippen LogP contribution in [0.4, 0.5) is 0 Å². The van der Waals surface area contributed by atoms with Crippen molar-refractivity contribution in [1.29, 1.82) is 0 Å². The molecule has 0 aromatic rings. The van der Waals surface area contributed by atoms with E-state index >= 15 is 0 Å². The van der Waals surface area contributed by atoms with Gasteiger partial charge in [0.2, 0.25) is 11.8 Å². The van der Waals surface area contributed by atoms with Crippen LogP contribution in [0.2, 0.25) is 0 Å². The molecule has 18 heavy (non-hydrogen) atoms. The third-order valence-electron chi connectivity index (χ3n) is 3.61. The van der Waals surface area contributed by atoms with Gasteiger partial charge in [0.15, 0.2) is 0 Å². The molecule has 2 saturated heterocycles. The monoisotopic (exact) mass is 255 g/mol. The Labute approximate surface area is 107 Å². The second-order valence-corrected chi connectivity index (χ2v) is 4.84. The number of amides is 2. The molecule has 2 heterocycles. The molecule has 0 aromatic carbocycles. The average Bonchev–Trinajstić information content (AvgIpc) is 2.92. The number of rotatable bonds is 3. The lowest BCUT2D eigenvalue weighted by Gasteiger charge is -2.35. The summed E-state index contributed by atoms with van der Waals surface area (Å²) in [5.74, 6) is 0.293. The Hall–Kier alpha value is -1.14. The van der Waals surface area contributed by atoms with Crippen LogP contribution >= 0.6 is 0 Å². The van der Waals surface area contributed by atoms with Gasteiger partial charge in [-0.2, -0.15) is 0 Å². The van der Waals surface area contributed by atoms with Crippen LogP contribution in [0.25, 0.3) is 0 Å². The Bertz CT molecular complexity index is 308. The molecule has 0 spiro atoms. The predicted molar refractivity (Wildman–Crippen MR) is 66.0 cm³/mol. The molecule has 1 atom stereocenters. The summed E-state index contributed by atoms with van der Waals surface area (Å²) in [5, 5.41) is 2.61. The molecule has 2 fully saturated rings. The smallest absolute Gasteiger partial charge is 0.233 e. The summed E-state index contributed by atoms with van der Waals surface area (Å²) >= 11 is 0. The molecule has 0 aromatic heterocycles. The molecular formula is C12H21N3O3. The van der Waals surface area contributed by atoms with E-state index in [1.165, 1.54) is 0 Å². The maximum atomic E-state index is 12.1. The zero-order chi connectivity index (χ0) is 13.0. The van der Waals surface area contributed by atoms with Crippen molar-refractivity contribution >= 4 is 11.8 Å². The first-order chi connectivity index (χ1) is 8.70. The first-order valence-electron chi connectivity index (χ1n) is 6.50. The number of ether oxygens (including phenoxy) is 1. The zero-order valence-electron chi connectivity index (χ0n) is 10.9. The van der Waals surface area contributed by atoms with E-state index in [0.717, 1.165) is 19.5 Å². The minimum Gasteiger partial charge on any atom is -0.381 e. The van der Waals surface area contributed by atoms with Crippen LogP contribution in [-0.4, -0.2) is 74.6 Å². The molecule has 2 aliphatic rings. The van der Waals surface area contributed by atoms with Crippen molar-refractivity contribution in [2.45, 2.75) is 6.42 Å². The van der Waals surface area contributed by atoms with Gasteiger partial charge in [0.05, 0.1) is 19.1 Å². The van der Waals surface area contributed by atoms with Gasteiger partial charge in [-0.3, -0.25) is 14.5 Å². The van der Waals surface area contributed by atoms with Crippen LogP contribution in [0.15, 0.2) is 0 Å². The summed E-state index contributed by atoms with van der Waals surface area (Å²) in [5.41, 5.74) is 0. The summed E-state index contributed by atoms with van der Waals surface area (Å²) < 4.78 is 5.25. The van der Waals surface area contributed by atoms with Gasteiger partial charge < -0.3 is 15.0 Å². The lowest BCUT2D eigenvalue weighted by Crippen LogP contribution is -2.52. The second kappa shape index (κ2) is 6.15. The van der Waals surface area contributed by atoms with Gasteiger partial charge in [0, 0.05) is 39.8 Å². The molecular weight excluding hydrogens is 234 g/mol. The fourth-order valence-electron chi connectivity index (χ4n) is 2.40. The van der Waals surface area contributed by atoms with E-state index in [0.29, 0.717) is 32.8 Å². The van der Waals surface area contributed by atoms with Crippen molar-refractivity contribution in [2.24, 2.45) is 5.92 Å². The summed E-state index contributed by atoms with van der Waals surface area (Å²) in [6.45, 7) is 4.66. The SMILES string of the molecule is CNC(=O)CN1CCN(C(=O)C2CCOC2)CC1. The van der Waals surface area contributed by atoms with Gasteiger partial charge in [-0.25, -0.2) is 0 Å². The molecule has 1 N–H and O–H groups in total. The highest BCUT2D eigenvalue weighted by Crippen LogP contribution is 2.16. The number of hydrogen-bond donors (Lipinski definition) is 1. The van der Waals surface area contributed by atoms with Crippen LogP contribution in [0, 0.1) is 5.92 Å². The van der Waals surface area contributed by atoms with E-state index in [4.69, 9.17) is 4.74 Å². The summed E-state index contributed by atoms with van der Waals surface area (Å²) in [7, 11) is 1.64. The average molecular weight is 255 g/mol. The first kappa shape index (κ1) is 13.3. The van der Waals surface area contributed by atoms with Crippen LogP contribution in [-0.2, 0) is 14.3 Å². The Morgan fingerprint density at radius 2 is 2.00 bits per heavy atom. The maximum Gasteiger partial charge on any atom is 0.233 e. The minimum absolute atomic E-state index is 0.0268. The Morgan fingerprint density at radius 1 is 1.28 bits per heavy atom. The zero-order valence-corrected chi connectivity index (χ0v) is 10.9. The lowest BCUT2D eigenvalue weighted by atomic mass is 10.1. The Morgan fingerprint density at radius 3 is 2.56 bits per heavy atom. The molecule has 6 nitrogen and oxygen atoms in total. The van der Waals surface area contributed by atoms with Crippen LogP contribution in [0.5, 0.6) is 0 Å². The normalized spacial score (nSPS) is 25.2. The fraction of sp³-hybridized carbons (Fsp3) is 0.833. The lowest BCUT2D eigenvalue weighted by molar-refractivity contribution is -0.137. The molecule has 0 saturated carbocycles. The molecule has 6 heteroatoms. The van der Waals surface area contributed by atoms with E-state index < -0.39 is 0 Å². The Balaban J connectivity index is 1.75. The van der Waals surface area contributed by atoms with Gasteiger partial charge in [-0.05, 0) is 6.42 Å². The highest BCUT2D eigenvalue weighted by molar-refractivity contribution is 5.79. The summed E-state index contributed by atoms with van der Waals surface area (Å²) in [4.78, 5) is 27.4. The third-order valence-corrected chi connectivity index (χ3v) is 3.61. The molecule has 2 amide bonds. The number of piperazine rings is 1. The van der Waals surface area contributed by atoms with Gasteiger partial charge >= 0.3 is 0 Å². The van der Waals surface area contributed by atoms with Gasteiger partial charge in [-0.1, -0.05) is 0 Å². The molecule has 2 aliphatic heterocycles. The highest BCUT2D eigenvalue weighted by atomic mass is 16.5. The van der Waals surface area contributed by atoms with Gasteiger partial charge in [0.1, 0.15) is 0 Å². The van der Waals surface area contributed by atoms with E-state index in [-0.39, 0.29) is 17.7 Å². The van der Waals surface area contributed by atoms with Crippen molar-refractivity contribution < 1.29 is 14.3 Å². The maximum absolute atomic E-state index is 12.1. The largest absolute Gasteiger partial charge is 0.381 e. The van der Waals surface area contributed by atoms with Gasteiger partial charge in [0.25, 0.3) is 0 Å². The summed E-state index contributed by atoms with van der Waals surface area (Å²) in [6.07, 6.45) is 0.845. The molecule has 0 radical (unpaired) electrons. The van der Waals surface area contributed by atoms with E-state index in [1.54, 1.807) is 7.05 Å². The van der Waals surface area contributed by atoms with E-state index in [9.17, 15) is 9.59 Å². The van der Waals surface area contributed by atoms with E-state index in [1.807, 2.05) is 4.90 Å². The van der Waals surface area contributed by atoms with Gasteiger partial charge in [-0.15, -0.1) is 0 Å². The van der Waals surface area contributed by atoms with E-state index in [2.05, 4.69) is 10.2 Å². The van der Waals surface area contributed by atoms with Crippen molar-refractivity contribution in [3.8, 4) is 0 Å². The number of hydrogen-bond acceptors (Lipinski definition) is 4. The number of likely N-dealkylation sites (N-methyl/N-ethyl adjacent to an activating group) is 1. The first-order valence-corrected chi connectivity index (χ1v) is 6.50. The molecule has 0 bridgehead atoms. The summed E-state index contributed by atoms with van der Waals surface area (Å²) in [6, 6.07) is 0. The van der Waals surface area contributed by atoms with Crippen LogP contribution < -0.4 is 5.32 Å². The predicted octanol–water partition coefficient (Wildman–Crippen LogP) is -1.09. The molecule has 0 aliphatic carbocycles. The minimum atomic E-state index is 0.0268. The molecule has 102 valence electrons. The number of carbonyl (C=O) groups is 2. The number of carbonyl (C=O) groups excluding carboxylic acids is 2. The van der Waals surface area contributed by atoms with Crippen LogP contribution in [0.3, 0.4) is 0 Å². The second-order valence-electron chi connectivity index (χ2n) is 4.84. The molecule has 1 unspecified atom stereocenters. The van der Waals surface area contributed by atoms with Crippen molar-refractivity contribution in [3.63, 3.8) is 0 Å². The highest BCUT2D eigenvalue weighted by Gasteiger charge is 2.30. The van der Waals surface area contributed by atoms with Crippen molar-refractivity contribution in [1.82, 2.24) is 15.1 Å². The fourth-order valence-corrected chi connectivity index (χ4v) is 2.40.